The molecule has 15 heavy (non-hydrogen) atoms. The largest absolute Gasteiger partial charge is 0.375 e. The molecule has 0 saturated heterocycles. The van der Waals surface area contributed by atoms with Gasteiger partial charge in [-0.25, -0.2) is 5.01 Å². The maximum absolute atomic E-state index is 5.64. The van der Waals surface area contributed by atoms with Crippen LogP contribution in [0.5, 0.6) is 0 Å². The lowest BCUT2D eigenvalue weighted by Crippen LogP contribution is -2.31. The first kappa shape index (κ1) is 10.1. The molecule has 2 rings (SSSR count). The standard InChI is InChI=1S/C11H13N3S/c1-8-7-10(14(13-8)11(12)15)9-5-3-2-4-6-9/h2-6,10H,7H2,1H3,(H2,12,15)/t10-/m1/s1. The Kier molecular flexibility index (Phi) is 2.68. The van der Waals surface area contributed by atoms with Gasteiger partial charge in [0, 0.05) is 12.1 Å². The number of nitrogens with zero attached hydrogens (tertiary/aromatic N) is 2. The average Bonchev–Trinajstić information content (AvgIpc) is 2.62. The molecule has 78 valence electrons. The molecule has 0 amide bonds. The molecule has 0 spiro atoms. The van der Waals surface area contributed by atoms with Crippen molar-refractivity contribution in [1.82, 2.24) is 5.01 Å². The SMILES string of the molecule is CC1=NN(C(N)=S)[C@@H](c2ccccc2)C1. The van der Waals surface area contributed by atoms with Gasteiger partial charge in [-0.2, -0.15) is 5.10 Å². The second-order valence-corrected chi connectivity index (χ2v) is 4.07. The minimum atomic E-state index is 0.170. The van der Waals surface area contributed by atoms with Gasteiger partial charge in [-0.05, 0) is 24.7 Å². The number of hydrogen-bond donors (Lipinski definition) is 1. The van der Waals surface area contributed by atoms with E-state index in [1.807, 2.05) is 25.1 Å². The zero-order valence-electron chi connectivity index (χ0n) is 8.55. The molecule has 1 aromatic carbocycles. The van der Waals surface area contributed by atoms with Crippen LogP contribution in [0, 0.1) is 0 Å². The molecular formula is C11H13N3S. The molecule has 0 bridgehead atoms. The summed E-state index contributed by atoms with van der Waals surface area (Å²) in [5, 5.41) is 6.39. The number of rotatable bonds is 1. The Hall–Kier alpha value is -1.42. The molecule has 4 heteroatoms. The van der Waals surface area contributed by atoms with Gasteiger partial charge in [0.25, 0.3) is 0 Å². The summed E-state index contributed by atoms with van der Waals surface area (Å²) in [5.41, 5.74) is 7.90. The van der Waals surface area contributed by atoms with E-state index in [-0.39, 0.29) is 6.04 Å². The van der Waals surface area contributed by atoms with Gasteiger partial charge >= 0.3 is 0 Å². The molecule has 0 fully saturated rings. The first-order valence-electron chi connectivity index (χ1n) is 4.86. The van der Waals surface area contributed by atoms with Gasteiger partial charge in [-0.3, -0.25) is 0 Å². The van der Waals surface area contributed by atoms with Crippen LogP contribution in [0.25, 0.3) is 0 Å². The van der Waals surface area contributed by atoms with Gasteiger partial charge in [-0.1, -0.05) is 30.3 Å². The molecule has 0 aromatic heterocycles. The monoisotopic (exact) mass is 219 g/mol. The molecule has 0 unspecified atom stereocenters. The summed E-state index contributed by atoms with van der Waals surface area (Å²) in [5.74, 6) is 0. The van der Waals surface area contributed by atoms with E-state index in [0.717, 1.165) is 12.1 Å². The maximum Gasteiger partial charge on any atom is 0.187 e. The van der Waals surface area contributed by atoms with Crippen LogP contribution in [0.4, 0.5) is 0 Å². The van der Waals surface area contributed by atoms with Gasteiger partial charge in [0.05, 0.1) is 6.04 Å². The Morgan fingerprint density at radius 1 is 1.47 bits per heavy atom. The summed E-state index contributed by atoms with van der Waals surface area (Å²) in [4.78, 5) is 0. The third kappa shape index (κ3) is 1.99. The van der Waals surface area contributed by atoms with Crippen molar-refractivity contribution in [2.75, 3.05) is 0 Å². The number of benzene rings is 1. The second-order valence-electron chi connectivity index (χ2n) is 3.65. The molecule has 0 saturated carbocycles. The number of hydrogen-bond acceptors (Lipinski definition) is 2. The fourth-order valence-electron chi connectivity index (χ4n) is 1.80. The molecule has 1 aliphatic rings. The second kappa shape index (κ2) is 3.98. The van der Waals surface area contributed by atoms with Crippen LogP contribution in [0.15, 0.2) is 35.4 Å². The summed E-state index contributed by atoms with van der Waals surface area (Å²) in [6.07, 6.45) is 0.890. The van der Waals surface area contributed by atoms with E-state index < -0.39 is 0 Å². The van der Waals surface area contributed by atoms with Crippen molar-refractivity contribution in [2.45, 2.75) is 19.4 Å². The van der Waals surface area contributed by atoms with Crippen LogP contribution in [-0.2, 0) is 0 Å². The van der Waals surface area contributed by atoms with Crippen molar-refractivity contribution in [3.05, 3.63) is 35.9 Å². The first-order valence-corrected chi connectivity index (χ1v) is 5.27. The van der Waals surface area contributed by atoms with E-state index in [1.54, 1.807) is 5.01 Å². The molecule has 1 aromatic rings. The van der Waals surface area contributed by atoms with Crippen LogP contribution >= 0.6 is 12.2 Å². The van der Waals surface area contributed by atoms with Crippen molar-refractivity contribution in [1.29, 1.82) is 0 Å². The zero-order chi connectivity index (χ0) is 10.8. The van der Waals surface area contributed by atoms with E-state index in [4.69, 9.17) is 18.0 Å². The Balaban J connectivity index is 2.28. The molecular weight excluding hydrogens is 206 g/mol. The molecule has 3 nitrogen and oxygen atoms in total. The average molecular weight is 219 g/mol. The van der Waals surface area contributed by atoms with Gasteiger partial charge in [0.1, 0.15) is 0 Å². The molecule has 1 heterocycles. The highest BCUT2D eigenvalue weighted by molar-refractivity contribution is 7.80. The predicted octanol–water partition coefficient (Wildman–Crippen LogP) is 2.05. The topological polar surface area (TPSA) is 41.6 Å². The fraction of sp³-hybridized carbons (Fsp3) is 0.273. The number of hydrazone groups is 1. The summed E-state index contributed by atoms with van der Waals surface area (Å²) >= 11 is 4.98. The lowest BCUT2D eigenvalue weighted by molar-refractivity contribution is 0.373. The third-order valence-electron chi connectivity index (χ3n) is 2.47. The minimum absolute atomic E-state index is 0.170. The fourth-order valence-corrected chi connectivity index (χ4v) is 1.97. The Bertz CT molecular complexity index is 400. The Morgan fingerprint density at radius 3 is 2.73 bits per heavy atom. The first-order chi connectivity index (χ1) is 7.18. The maximum atomic E-state index is 5.64. The van der Waals surface area contributed by atoms with Crippen molar-refractivity contribution in [3.63, 3.8) is 0 Å². The normalized spacial score (nSPS) is 20.2. The van der Waals surface area contributed by atoms with Crippen molar-refractivity contribution >= 4 is 23.0 Å². The van der Waals surface area contributed by atoms with Gasteiger partial charge < -0.3 is 5.73 Å². The van der Waals surface area contributed by atoms with Crippen LogP contribution in [0.2, 0.25) is 0 Å². The van der Waals surface area contributed by atoms with Gasteiger partial charge in [0.15, 0.2) is 5.11 Å². The predicted molar refractivity (Wildman–Crippen MR) is 65.5 cm³/mol. The Labute approximate surface area is 94.6 Å². The highest BCUT2D eigenvalue weighted by Gasteiger charge is 2.27. The molecule has 1 atom stereocenters. The Morgan fingerprint density at radius 2 is 2.13 bits per heavy atom. The quantitative estimate of drug-likeness (QED) is 0.735. The van der Waals surface area contributed by atoms with E-state index in [0.29, 0.717) is 5.11 Å². The van der Waals surface area contributed by atoms with E-state index in [2.05, 4.69) is 17.2 Å². The molecule has 0 aliphatic carbocycles. The van der Waals surface area contributed by atoms with E-state index >= 15 is 0 Å². The minimum Gasteiger partial charge on any atom is -0.375 e. The molecule has 2 N–H and O–H groups in total. The lowest BCUT2D eigenvalue weighted by atomic mass is 10.0. The van der Waals surface area contributed by atoms with E-state index in [1.165, 1.54) is 5.56 Å². The zero-order valence-corrected chi connectivity index (χ0v) is 9.37. The number of nitrogens with two attached hydrogens (primary N) is 1. The number of thiocarbonyl (C=S) groups is 1. The lowest BCUT2D eigenvalue weighted by Gasteiger charge is -2.21. The van der Waals surface area contributed by atoms with Crippen molar-refractivity contribution in [3.8, 4) is 0 Å². The van der Waals surface area contributed by atoms with Crippen LogP contribution in [0.1, 0.15) is 24.9 Å². The molecule has 0 radical (unpaired) electrons. The molecule has 1 aliphatic heterocycles. The summed E-state index contributed by atoms with van der Waals surface area (Å²) in [6, 6.07) is 10.3. The summed E-state index contributed by atoms with van der Waals surface area (Å²) in [7, 11) is 0. The van der Waals surface area contributed by atoms with Gasteiger partial charge in [0.2, 0.25) is 0 Å². The summed E-state index contributed by atoms with van der Waals surface area (Å²) < 4.78 is 0. The highest BCUT2D eigenvalue weighted by atomic mass is 32.1. The van der Waals surface area contributed by atoms with Gasteiger partial charge in [-0.15, -0.1) is 0 Å². The van der Waals surface area contributed by atoms with Crippen LogP contribution in [0.3, 0.4) is 0 Å². The van der Waals surface area contributed by atoms with Crippen LogP contribution in [-0.4, -0.2) is 15.8 Å². The smallest absolute Gasteiger partial charge is 0.187 e. The third-order valence-corrected chi connectivity index (χ3v) is 2.66. The summed E-state index contributed by atoms with van der Waals surface area (Å²) in [6.45, 7) is 1.99. The van der Waals surface area contributed by atoms with Crippen LogP contribution < -0.4 is 5.73 Å². The van der Waals surface area contributed by atoms with E-state index in [9.17, 15) is 0 Å². The van der Waals surface area contributed by atoms with Crippen molar-refractivity contribution < 1.29 is 0 Å². The van der Waals surface area contributed by atoms with Crippen molar-refractivity contribution in [2.24, 2.45) is 10.8 Å². The highest BCUT2D eigenvalue weighted by Crippen LogP contribution is 2.29.